The van der Waals surface area contributed by atoms with Crippen LogP contribution in [0.4, 0.5) is 5.82 Å². The van der Waals surface area contributed by atoms with Crippen LogP contribution in [0.2, 0.25) is 0 Å². The normalized spacial score (nSPS) is 12.5. The number of alkyl halides is 3. The summed E-state index contributed by atoms with van der Waals surface area (Å²) in [5, 5.41) is 0. The molecule has 0 aliphatic heterocycles. The number of rotatable bonds is 2. The maximum Gasteiger partial charge on any atom is 0.311 e. The summed E-state index contributed by atoms with van der Waals surface area (Å²) in [6.07, 6.45) is 1.41. The second kappa shape index (κ2) is 4.10. The Bertz CT molecular complexity index is 401. The third kappa shape index (κ3) is 2.88. The minimum atomic E-state index is -4.07. The van der Waals surface area contributed by atoms with Crippen molar-refractivity contribution in [3.63, 3.8) is 0 Å². The number of hydrogen-bond donors (Lipinski definition) is 1. The lowest BCUT2D eigenvalue weighted by atomic mass is 10.5. The Morgan fingerprint density at radius 1 is 1.29 bits per heavy atom. The average Bonchev–Trinajstić information content (AvgIpc) is 2.03. The maximum absolute atomic E-state index is 11.3. The van der Waals surface area contributed by atoms with Gasteiger partial charge in [0, 0.05) is 6.20 Å². The van der Waals surface area contributed by atoms with Crippen molar-refractivity contribution in [1.29, 1.82) is 0 Å². The van der Waals surface area contributed by atoms with Crippen molar-refractivity contribution in [3.05, 3.63) is 24.4 Å². The summed E-state index contributed by atoms with van der Waals surface area (Å²) >= 11 is 15.7. The summed E-state index contributed by atoms with van der Waals surface area (Å²) in [4.78, 5) is 3.71. The monoisotopic (exact) mass is 274 g/mol. The van der Waals surface area contributed by atoms with E-state index in [1.807, 2.05) is 4.72 Å². The van der Waals surface area contributed by atoms with Gasteiger partial charge in [-0.15, -0.1) is 0 Å². The van der Waals surface area contributed by atoms with E-state index in [-0.39, 0.29) is 5.82 Å². The summed E-state index contributed by atoms with van der Waals surface area (Å²) < 4.78 is 22.2. The van der Waals surface area contributed by atoms with E-state index in [1.165, 1.54) is 12.3 Å². The minimum Gasteiger partial charge on any atom is -0.264 e. The molecule has 0 aliphatic carbocycles. The smallest absolute Gasteiger partial charge is 0.264 e. The molecule has 0 radical (unpaired) electrons. The topological polar surface area (TPSA) is 59.1 Å². The molecule has 0 amide bonds. The highest BCUT2D eigenvalue weighted by Gasteiger charge is 2.38. The molecule has 1 aromatic rings. The molecular weight excluding hydrogens is 271 g/mol. The molecule has 1 aromatic heterocycles. The molecule has 0 aliphatic rings. The first kappa shape index (κ1) is 11.8. The van der Waals surface area contributed by atoms with Crippen LogP contribution < -0.4 is 4.72 Å². The second-order valence-electron chi connectivity index (χ2n) is 2.27. The van der Waals surface area contributed by atoms with Crippen molar-refractivity contribution in [1.82, 2.24) is 4.98 Å². The van der Waals surface area contributed by atoms with Crippen LogP contribution in [-0.2, 0) is 10.0 Å². The zero-order valence-electron chi connectivity index (χ0n) is 6.62. The predicted molar refractivity (Wildman–Crippen MR) is 57.1 cm³/mol. The van der Waals surface area contributed by atoms with E-state index in [1.54, 1.807) is 12.1 Å². The Balaban J connectivity index is 2.91. The fourth-order valence-corrected chi connectivity index (χ4v) is 1.48. The van der Waals surface area contributed by atoms with E-state index in [4.69, 9.17) is 34.8 Å². The van der Waals surface area contributed by atoms with Crippen molar-refractivity contribution in [3.8, 4) is 0 Å². The summed E-state index contributed by atoms with van der Waals surface area (Å²) in [7, 11) is -4.07. The first-order chi connectivity index (χ1) is 6.33. The van der Waals surface area contributed by atoms with Crippen molar-refractivity contribution in [2.24, 2.45) is 0 Å². The number of halogens is 3. The van der Waals surface area contributed by atoms with Crippen molar-refractivity contribution in [2.75, 3.05) is 4.72 Å². The molecule has 4 nitrogen and oxygen atoms in total. The van der Waals surface area contributed by atoms with Gasteiger partial charge in [0.25, 0.3) is 10.0 Å². The van der Waals surface area contributed by atoms with Gasteiger partial charge in [-0.1, -0.05) is 40.9 Å². The zero-order chi connectivity index (χ0) is 10.8. The number of hydrogen-bond acceptors (Lipinski definition) is 3. The SMILES string of the molecule is O=S(=O)(Nc1ccccn1)C(Cl)(Cl)Cl. The molecule has 1 rings (SSSR count). The van der Waals surface area contributed by atoms with Gasteiger partial charge in [-0.25, -0.2) is 13.4 Å². The van der Waals surface area contributed by atoms with Gasteiger partial charge >= 0.3 is 3.12 Å². The first-order valence-corrected chi connectivity index (χ1v) is 5.95. The van der Waals surface area contributed by atoms with E-state index in [9.17, 15) is 8.42 Å². The van der Waals surface area contributed by atoms with Crippen LogP contribution in [0.5, 0.6) is 0 Å². The van der Waals surface area contributed by atoms with Gasteiger partial charge in [-0.3, -0.25) is 4.72 Å². The molecule has 8 heteroatoms. The lowest BCUT2D eigenvalue weighted by Gasteiger charge is -2.13. The minimum absolute atomic E-state index is 0.0961. The number of nitrogens with zero attached hydrogens (tertiary/aromatic N) is 1. The molecule has 0 bridgehead atoms. The third-order valence-corrected chi connectivity index (χ3v) is 4.12. The predicted octanol–water partition coefficient (Wildman–Crippen LogP) is 2.15. The highest BCUT2D eigenvalue weighted by molar-refractivity contribution is 7.98. The highest BCUT2D eigenvalue weighted by atomic mass is 35.6. The molecule has 78 valence electrons. The number of pyridine rings is 1. The fraction of sp³-hybridized carbons (Fsp3) is 0.167. The van der Waals surface area contributed by atoms with Crippen LogP contribution in [-0.4, -0.2) is 16.5 Å². The van der Waals surface area contributed by atoms with Crippen molar-refractivity contribution >= 4 is 50.6 Å². The number of anilines is 1. The Labute approximate surface area is 96.2 Å². The maximum atomic E-state index is 11.3. The highest BCUT2D eigenvalue weighted by Crippen LogP contribution is 2.33. The van der Waals surface area contributed by atoms with Crippen LogP contribution >= 0.6 is 34.8 Å². The number of nitrogens with one attached hydrogen (secondary N) is 1. The van der Waals surface area contributed by atoms with Gasteiger partial charge < -0.3 is 0 Å². The summed E-state index contributed by atoms with van der Waals surface area (Å²) in [6.45, 7) is 0. The Morgan fingerprint density at radius 2 is 1.93 bits per heavy atom. The Morgan fingerprint density at radius 3 is 2.36 bits per heavy atom. The Hall–Kier alpha value is -0.230. The lowest BCUT2D eigenvalue weighted by Crippen LogP contribution is -2.27. The number of sulfonamides is 1. The van der Waals surface area contributed by atoms with E-state index in [0.29, 0.717) is 0 Å². The van der Waals surface area contributed by atoms with E-state index < -0.39 is 13.1 Å². The molecule has 0 fully saturated rings. The van der Waals surface area contributed by atoms with Gasteiger partial charge in [-0.2, -0.15) is 0 Å². The van der Waals surface area contributed by atoms with Crippen LogP contribution in [0, 0.1) is 0 Å². The third-order valence-electron chi connectivity index (χ3n) is 1.21. The standard InChI is InChI=1S/C6H5Cl3N2O2S/c7-6(8,9)14(12,13)11-5-3-1-2-4-10-5/h1-4H,(H,10,11). The summed E-state index contributed by atoms with van der Waals surface area (Å²) in [6, 6.07) is 4.67. The Kier molecular flexibility index (Phi) is 3.47. The van der Waals surface area contributed by atoms with Crippen LogP contribution in [0.1, 0.15) is 0 Å². The van der Waals surface area contributed by atoms with Crippen LogP contribution in [0.15, 0.2) is 24.4 Å². The van der Waals surface area contributed by atoms with Gasteiger partial charge in [0.2, 0.25) is 0 Å². The summed E-state index contributed by atoms with van der Waals surface area (Å²) in [5.41, 5.74) is 0. The molecule has 1 heterocycles. The molecule has 0 saturated heterocycles. The largest absolute Gasteiger partial charge is 0.311 e. The van der Waals surface area contributed by atoms with Crippen molar-refractivity contribution in [2.45, 2.75) is 3.12 Å². The van der Waals surface area contributed by atoms with Crippen LogP contribution in [0.25, 0.3) is 0 Å². The zero-order valence-corrected chi connectivity index (χ0v) is 9.70. The second-order valence-corrected chi connectivity index (χ2v) is 7.04. The molecule has 0 unspecified atom stereocenters. The van der Waals surface area contributed by atoms with Crippen LogP contribution in [0.3, 0.4) is 0 Å². The van der Waals surface area contributed by atoms with Gasteiger partial charge in [0.1, 0.15) is 5.82 Å². The summed E-state index contributed by atoms with van der Waals surface area (Å²) in [5.74, 6) is 0.0961. The quantitative estimate of drug-likeness (QED) is 0.841. The molecule has 1 N–H and O–H groups in total. The van der Waals surface area contributed by atoms with Gasteiger partial charge in [0.05, 0.1) is 0 Å². The first-order valence-electron chi connectivity index (χ1n) is 3.33. The molecule has 0 aromatic carbocycles. The molecular formula is C6H5Cl3N2O2S. The van der Waals surface area contributed by atoms with E-state index in [0.717, 1.165) is 0 Å². The van der Waals surface area contributed by atoms with Gasteiger partial charge in [0.15, 0.2) is 0 Å². The molecule has 0 saturated carbocycles. The molecule has 0 spiro atoms. The molecule has 14 heavy (non-hydrogen) atoms. The van der Waals surface area contributed by atoms with Gasteiger partial charge in [-0.05, 0) is 12.1 Å². The fourth-order valence-electron chi connectivity index (χ4n) is 0.619. The average molecular weight is 276 g/mol. The lowest BCUT2D eigenvalue weighted by molar-refractivity contribution is 0.601. The van der Waals surface area contributed by atoms with E-state index >= 15 is 0 Å². The number of aromatic nitrogens is 1. The van der Waals surface area contributed by atoms with Crippen molar-refractivity contribution < 1.29 is 8.42 Å². The van der Waals surface area contributed by atoms with E-state index in [2.05, 4.69) is 4.98 Å². The molecule has 0 atom stereocenters.